The number of carbonyl (C=O) groups is 2. The molecule has 0 bridgehead atoms. The number of methoxy groups -OCH3 is 1. The summed E-state index contributed by atoms with van der Waals surface area (Å²) >= 11 is 6.43. The van der Waals surface area contributed by atoms with Gasteiger partial charge in [-0.25, -0.2) is 14.5 Å². The van der Waals surface area contributed by atoms with Gasteiger partial charge in [-0.1, -0.05) is 17.7 Å². The van der Waals surface area contributed by atoms with Crippen LogP contribution in [0.4, 0.5) is 29.5 Å². The lowest BCUT2D eigenvalue weighted by molar-refractivity contribution is -0.143. The van der Waals surface area contributed by atoms with E-state index >= 15 is 0 Å². The highest BCUT2D eigenvalue weighted by molar-refractivity contribution is 6.33. The predicted octanol–water partition coefficient (Wildman–Crippen LogP) is 6.50. The first-order chi connectivity index (χ1) is 21.2. The van der Waals surface area contributed by atoms with E-state index in [-0.39, 0.29) is 33.7 Å². The number of halogens is 4. The van der Waals surface area contributed by atoms with Crippen LogP contribution in [0.2, 0.25) is 5.02 Å². The lowest BCUT2D eigenvalue weighted by Gasteiger charge is -2.19. The molecule has 234 valence electrons. The van der Waals surface area contributed by atoms with Crippen molar-refractivity contribution in [2.45, 2.75) is 32.5 Å². The quantitative estimate of drug-likeness (QED) is 0.214. The van der Waals surface area contributed by atoms with Crippen LogP contribution in [-0.4, -0.2) is 54.2 Å². The minimum absolute atomic E-state index is 0.0265. The number of nitrogens with one attached hydrogen (secondary N) is 2. The van der Waals surface area contributed by atoms with Gasteiger partial charge in [0.25, 0.3) is 5.91 Å². The van der Waals surface area contributed by atoms with Gasteiger partial charge in [-0.2, -0.15) is 23.4 Å². The molecule has 0 radical (unpaired) electrons. The van der Waals surface area contributed by atoms with Crippen LogP contribution in [-0.2, 0) is 18.0 Å². The van der Waals surface area contributed by atoms with Crippen LogP contribution in [0.15, 0.2) is 55.0 Å². The van der Waals surface area contributed by atoms with E-state index in [0.717, 1.165) is 6.20 Å². The van der Waals surface area contributed by atoms with Crippen molar-refractivity contribution in [1.29, 1.82) is 0 Å². The van der Waals surface area contributed by atoms with Gasteiger partial charge in [0.15, 0.2) is 5.69 Å². The fraction of sp³-hybridized carbons (Fsp3) is 0.241. The molecule has 2 N–H and O–H groups in total. The number of rotatable bonds is 6. The van der Waals surface area contributed by atoms with Crippen molar-refractivity contribution in [2.24, 2.45) is 7.05 Å². The average Bonchev–Trinajstić information content (AvgIpc) is 3.55. The van der Waals surface area contributed by atoms with Gasteiger partial charge in [-0.3, -0.25) is 19.8 Å². The number of amides is 2. The molecule has 0 saturated heterocycles. The van der Waals surface area contributed by atoms with Gasteiger partial charge >= 0.3 is 12.3 Å². The third-order valence-corrected chi connectivity index (χ3v) is 6.59. The Morgan fingerprint density at radius 3 is 2.42 bits per heavy atom. The Hall–Kier alpha value is -5.18. The first-order valence-electron chi connectivity index (χ1n) is 13.2. The van der Waals surface area contributed by atoms with Crippen LogP contribution in [0.1, 0.15) is 36.8 Å². The third-order valence-electron chi connectivity index (χ3n) is 6.30. The van der Waals surface area contributed by atoms with Crippen molar-refractivity contribution < 1.29 is 32.2 Å². The molecule has 0 unspecified atom stereocenters. The van der Waals surface area contributed by atoms with Crippen molar-refractivity contribution in [3.05, 3.63) is 71.3 Å². The molecule has 0 atom stereocenters. The smallest absolute Gasteiger partial charge is 0.434 e. The Bertz CT molecular complexity index is 1930. The van der Waals surface area contributed by atoms with Gasteiger partial charge in [0.05, 0.1) is 41.5 Å². The number of anilines is 2. The zero-order valence-corrected chi connectivity index (χ0v) is 25.3. The van der Waals surface area contributed by atoms with Gasteiger partial charge < -0.3 is 14.8 Å². The second kappa shape index (κ2) is 11.7. The highest BCUT2D eigenvalue weighted by Gasteiger charge is 2.41. The van der Waals surface area contributed by atoms with Crippen LogP contribution < -0.4 is 15.4 Å². The summed E-state index contributed by atoms with van der Waals surface area (Å²) in [6.07, 6.45) is -2.18. The number of alkyl halides is 3. The molecule has 4 heterocycles. The summed E-state index contributed by atoms with van der Waals surface area (Å²) in [6.45, 7) is 5.17. The van der Waals surface area contributed by atoms with E-state index in [0.29, 0.717) is 21.3 Å². The second-order valence-corrected chi connectivity index (χ2v) is 11.1. The number of pyridine rings is 2. The van der Waals surface area contributed by atoms with Crippen LogP contribution in [0, 0.1) is 0 Å². The number of ether oxygens (including phenoxy) is 2. The molecule has 1 aromatic carbocycles. The zero-order valence-electron chi connectivity index (χ0n) is 24.5. The summed E-state index contributed by atoms with van der Waals surface area (Å²) in [7, 11) is 2.99. The van der Waals surface area contributed by atoms with Crippen LogP contribution in [0.25, 0.3) is 27.8 Å². The van der Waals surface area contributed by atoms with Crippen molar-refractivity contribution in [1.82, 2.24) is 29.5 Å². The molecule has 0 aliphatic carbocycles. The molecule has 45 heavy (non-hydrogen) atoms. The molecule has 0 fully saturated rings. The fourth-order valence-corrected chi connectivity index (χ4v) is 4.75. The van der Waals surface area contributed by atoms with Crippen molar-refractivity contribution in [3.8, 4) is 23.0 Å². The van der Waals surface area contributed by atoms with Gasteiger partial charge in [-0.05, 0) is 45.0 Å². The highest BCUT2D eigenvalue weighted by atomic mass is 35.5. The summed E-state index contributed by atoms with van der Waals surface area (Å²) in [5, 5.41) is 14.1. The normalized spacial score (nSPS) is 11.8. The predicted molar refractivity (Wildman–Crippen MR) is 160 cm³/mol. The van der Waals surface area contributed by atoms with Crippen molar-refractivity contribution >= 4 is 45.9 Å². The lowest BCUT2D eigenvalue weighted by atomic mass is 10.1. The number of aromatic nitrogens is 6. The molecule has 12 nitrogen and oxygen atoms in total. The largest absolute Gasteiger partial charge is 0.481 e. The highest BCUT2D eigenvalue weighted by Crippen LogP contribution is 2.37. The first-order valence-corrected chi connectivity index (χ1v) is 13.6. The monoisotopic (exact) mass is 642 g/mol. The van der Waals surface area contributed by atoms with Crippen molar-refractivity contribution in [2.75, 3.05) is 17.7 Å². The minimum Gasteiger partial charge on any atom is -0.481 e. The zero-order chi connectivity index (χ0) is 32.7. The maximum absolute atomic E-state index is 14.4. The number of fused-ring (bicyclic) bond motifs is 1. The summed E-state index contributed by atoms with van der Waals surface area (Å²) in [4.78, 5) is 33.7. The molecule has 16 heteroatoms. The Morgan fingerprint density at radius 2 is 1.76 bits per heavy atom. The lowest BCUT2D eigenvalue weighted by Crippen LogP contribution is -2.27. The van der Waals surface area contributed by atoms with E-state index in [9.17, 15) is 22.8 Å². The van der Waals surface area contributed by atoms with Gasteiger partial charge in [0.2, 0.25) is 5.88 Å². The van der Waals surface area contributed by atoms with E-state index in [1.165, 1.54) is 54.5 Å². The van der Waals surface area contributed by atoms with Crippen LogP contribution >= 0.6 is 11.6 Å². The van der Waals surface area contributed by atoms with Crippen LogP contribution in [0.5, 0.6) is 5.88 Å². The molecule has 0 saturated carbocycles. The second-order valence-electron chi connectivity index (χ2n) is 10.7. The summed E-state index contributed by atoms with van der Waals surface area (Å²) < 4.78 is 55.8. The Labute approximate surface area is 259 Å². The molecule has 0 aliphatic heterocycles. The van der Waals surface area contributed by atoms with E-state index in [1.807, 2.05) is 0 Å². The Morgan fingerprint density at radius 1 is 1.00 bits per heavy atom. The average molecular weight is 643 g/mol. The third kappa shape index (κ3) is 6.52. The first kappa shape index (κ1) is 31.3. The van der Waals surface area contributed by atoms with Crippen LogP contribution in [0.3, 0.4) is 0 Å². The number of carbonyl (C=O) groups excluding carboxylic acids is 2. The molecule has 5 aromatic rings. The van der Waals surface area contributed by atoms with Crippen molar-refractivity contribution in [3.63, 3.8) is 0 Å². The Balaban J connectivity index is 1.42. The molecule has 0 spiro atoms. The van der Waals surface area contributed by atoms with Gasteiger partial charge in [-0.15, -0.1) is 0 Å². The summed E-state index contributed by atoms with van der Waals surface area (Å²) in [5.74, 6) is -0.561. The topological polar surface area (TPSA) is 138 Å². The van der Waals surface area contributed by atoms with E-state index < -0.39 is 35.0 Å². The molecular weight excluding hydrogens is 617 g/mol. The number of hydrogen-bond acceptors (Lipinski definition) is 8. The fourth-order valence-electron chi connectivity index (χ4n) is 4.48. The maximum atomic E-state index is 14.4. The number of nitrogens with zero attached hydrogens (tertiary/aromatic N) is 6. The number of aryl methyl sites for hydroxylation is 1. The standard InChI is InChI=1S/C29H26ClF3N8O4/c1-28(2,3)45-27(43)38-22-12-20(39-40(22)4)23-19(30)11-15(13-35-23)37-25(42)18-14-36-41(24(18)29(31,32)33)21-8-6-7-17-16(21)9-10-34-26(17)44-5/h6-14H,1-5H3,(H,37,42)(H,38,43). The maximum Gasteiger partial charge on any atom is 0.434 e. The molecule has 5 rings (SSSR count). The van der Waals surface area contributed by atoms with E-state index in [4.69, 9.17) is 21.1 Å². The number of benzene rings is 1. The van der Waals surface area contributed by atoms with Gasteiger partial charge in [0, 0.05) is 30.1 Å². The van der Waals surface area contributed by atoms with E-state index in [2.05, 4.69) is 30.8 Å². The summed E-state index contributed by atoms with van der Waals surface area (Å²) in [5.41, 5.74) is -2.12. The molecule has 2 amide bonds. The number of hydrogen-bond donors (Lipinski definition) is 2. The summed E-state index contributed by atoms with van der Waals surface area (Å²) in [6, 6.07) is 9.00. The minimum atomic E-state index is -4.95. The molecular formula is C29H26ClF3N8O4. The molecule has 0 aliphatic rings. The van der Waals surface area contributed by atoms with Gasteiger partial charge in [0.1, 0.15) is 22.8 Å². The molecule has 4 aromatic heterocycles. The Kier molecular flexibility index (Phi) is 8.14. The SMILES string of the molecule is COc1nccc2c(-n3ncc(C(=O)Nc4cnc(-c5cc(NC(=O)OC(C)(C)C)n(C)n5)c(Cl)c4)c3C(F)(F)F)cccc12. The van der Waals surface area contributed by atoms with E-state index in [1.54, 1.807) is 33.9 Å².